The molecule has 0 aliphatic carbocycles. The number of hydrogen-bond acceptors (Lipinski definition) is 18. The first kappa shape index (κ1) is 57.9. The van der Waals surface area contributed by atoms with Crippen LogP contribution in [0.3, 0.4) is 0 Å². The molecule has 0 fully saturated rings. The molecule has 0 saturated heterocycles. The number of carbonyl (C=O) groups excluding carboxylic acids is 2. The summed E-state index contributed by atoms with van der Waals surface area (Å²) in [6, 6.07) is 57.8. The molecule has 4 N–H and O–H groups in total. The minimum Gasteiger partial charge on any atom is -0.508 e. The maximum Gasteiger partial charge on any atom is 0.351 e. The number of carboxylic acids is 2. The lowest BCUT2D eigenvalue weighted by Crippen LogP contribution is -2.37. The molecule has 4 unspecified atom stereocenters. The van der Waals surface area contributed by atoms with Gasteiger partial charge in [-0.25, -0.2) is 19.2 Å². The second-order valence-electron chi connectivity index (χ2n) is 18.6. The summed E-state index contributed by atoms with van der Waals surface area (Å²) in [5.41, 5.74) is 3.95. The SMILES string of the molecule is O=C(O)C1COc2ccc(O)cc2O1.O=C(O)C1COc2ccc(OCc3ccccc3)cc2O1.O=C(OCc1ccccc1)C1COc2ccc(O)cc2O1.O=C(OCc1ccccc1)C1COc2ccc(OCc3ccccc3)cc2O1. The molecule has 12 rings (SSSR count). The largest absolute Gasteiger partial charge is 0.508 e. The zero-order chi connectivity index (χ0) is 58.6. The first-order valence-electron chi connectivity index (χ1n) is 26.2. The van der Waals surface area contributed by atoms with Crippen LogP contribution in [0.4, 0.5) is 0 Å². The molecule has 20 nitrogen and oxygen atoms in total. The van der Waals surface area contributed by atoms with Crippen molar-refractivity contribution in [3.8, 4) is 69.0 Å². The first-order chi connectivity index (χ1) is 40.9. The third-order valence-electron chi connectivity index (χ3n) is 12.3. The lowest BCUT2D eigenvalue weighted by atomic mass is 10.2. The minimum atomic E-state index is -1.08. The van der Waals surface area contributed by atoms with Gasteiger partial charge in [0.2, 0.25) is 24.4 Å². The van der Waals surface area contributed by atoms with Crippen molar-refractivity contribution in [2.24, 2.45) is 0 Å². The third kappa shape index (κ3) is 16.7. The first-order valence-corrected chi connectivity index (χ1v) is 26.2. The quantitative estimate of drug-likeness (QED) is 0.0739. The maximum atomic E-state index is 12.3. The second kappa shape index (κ2) is 28.6. The van der Waals surface area contributed by atoms with Gasteiger partial charge in [0.15, 0.2) is 46.0 Å². The van der Waals surface area contributed by atoms with E-state index in [0.717, 1.165) is 22.3 Å². The lowest BCUT2D eigenvalue weighted by Gasteiger charge is -2.25. The number of carbonyl (C=O) groups is 4. The van der Waals surface area contributed by atoms with Crippen molar-refractivity contribution in [2.75, 3.05) is 26.4 Å². The van der Waals surface area contributed by atoms with Crippen LogP contribution < -0.4 is 47.4 Å². The van der Waals surface area contributed by atoms with Gasteiger partial charge in [0.25, 0.3) is 0 Å². The Morgan fingerprint density at radius 3 is 0.964 bits per heavy atom. The predicted octanol–water partition coefficient (Wildman–Crippen LogP) is 9.53. The van der Waals surface area contributed by atoms with Crippen LogP contribution in [0.25, 0.3) is 0 Å². The molecule has 0 saturated carbocycles. The molecule has 0 bridgehead atoms. The normalized spacial score (nSPS) is 16.3. The monoisotopic (exact) mass is 1140 g/mol. The molecule has 8 aromatic carbocycles. The van der Waals surface area contributed by atoms with Crippen molar-refractivity contribution in [1.29, 1.82) is 0 Å². The van der Waals surface area contributed by atoms with Gasteiger partial charge in [0.05, 0.1) is 0 Å². The zero-order valence-electron chi connectivity index (χ0n) is 44.8. The number of hydrogen-bond donors (Lipinski definition) is 4. The molecule has 0 aromatic heterocycles. The fourth-order valence-corrected chi connectivity index (χ4v) is 8.01. The molecule has 4 aliphatic heterocycles. The average molecular weight is 1150 g/mol. The van der Waals surface area contributed by atoms with E-state index in [-0.39, 0.29) is 56.9 Å². The molecular formula is C64H56O20. The van der Waals surface area contributed by atoms with E-state index in [4.69, 9.17) is 72.2 Å². The van der Waals surface area contributed by atoms with Gasteiger partial charge in [-0.15, -0.1) is 0 Å². The summed E-state index contributed by atoms with van der Waals surface area (Å²) in [5, 5.41) is 36.2. The Labute approximate surface area is 481 Å². The van der Waals surface area contributed by atoms with Crippen LogP contribution in [0.2, 0.25) is 0 Å². The molecule has 20 heteroatoms. The Bertz CT molecular complexity index is 3470. The van der Waals surface area contributed by atoms with Crippen molar-refractivity contribution in [3.05, 3.63) is 216 Å². The van der Waals surface area contributed by atoms with Crippen LogP contribution in [0.1, 0.15) is 22.3 Å². The fraction of sp³-hybridized carbons (Fsp3) is 0.188. The number of carboxylic acid groups (broad SMARTS) is 2. The van der Waals surface area contributed by atoms with Crippen LogP contribution in [-0.2, 0) is 55.1 Å². The number of phenols is 2. The van der Waals surface area contributed by atoms with Crippen LogP contribution in [0, 0.1) is 0 Å². The molecule has 0 spiro atoms. The number of aromatic hydroxyl groups is 2. The van der Waals surface area contributed by atoms with Crippen LogP contribution in [0.15, 0.2) is 194 Å². The standard InChI is InChI=1S/C23H20O5.2C16H14O5.C9H8O5/c24-23(27-15-18-9-5-2-6-10-18)22-16-26-20-12-11-19(13-21(20)28-22)25-14-17-7-3-1-4-8-17;17-16(18)15-10-20-13-7-6-12(8-14(13)21-15)19-9-11-4-2-1-3-5-11;17-12-6-7-13-14(8-12)21-15(10-19-13)16(18)20-9-11-4-2-1-3-5-11;10-5-1-2-6-7(3-5)14-8(4-13-6)9(11)12/h1-13,22H,14-16H2;1-8,15H,9-10H2,(H,17,18);1-8,15,17H,9-10H2;1-3,8,10H,4H2,(H,11,12). The second-order valence-corrected chi connectivity index (χ2v) is 18.6. The van der Waals surface area contributed by atoms with Crippen molar-refractivity contribution in [2.45, 2.75) is 50.8 Å². The number of rotatable bonds is 14. The molecule has 4 aliphatic rings. The highest BCUT2D eigenvalue weighted by atomic mass is 16.6. The number of ether oxygens (including phenoxy) is 12. The third-order valence-corrected chi connectivity index (χ3v) is 12.3. The molecule has 84 heavy (non-hydrogen) atoms. The molecule has 8 aromatic rings. The van der Waals surface area contributed by atoms with E-state index >= 15 is 0 Å². The van der Waals surface area contributed by atoms with Gasteiger partial charge in [-0.3, -0.25) is 0 Å². The molecule has 4 heterocycles. The highest BCUT2D eigenvalue weighted by molar-refractivity contribution is 5.77. The number of benzene rings is 8. The van der Waals surface area contributed by atoms with E-state index in [1.54, 1.807) is 36.4 Å². The summed E-state index contributed by atoms with van der Waals surface area (Å²) >= 11 is 0. The summed E-state index contributed by atoms with van der Waals surface area (Å²) in [6.07, 6.45) is -3.63. The van der Waals surface area contributed by atoms with E-state index in [0.29, 0.717) is 65.0 Å². The predicted molar refractivity (Wildman–Crippen MR) is 298 cm³/mol. The van der Waals surface area contributed by atoms with Crippen LogP contribution >= 0.6 is 0 Å². The lowest BCUT2D eigenvalue weighted by molar-refractivity contribution is -0.156. The summed E-state index contributed by atoms with van der Waals surface area (Å²) < 4.78 is 65.4. The van der Waals surface area contributed by atoms with Gasteiger partial charge in [-0.05, 0) is 70.8 Å². The van der Waals surface area contributed by atoms with Crippen molar-refractivity contribution in [3.63, 3.8) is 0 Å². The Kier molecular flexibility index (Phi) is 19.7. The Morgan fingerprint density at radius 2 is 0.631 bits per heavy atom. The topological polar surface area (TPSA) is 260 Å². The Hall–Kier alpha value is -10.8. The van der Waals surface area contributed by atoms with Crippen molar-refractivity contribution < 1.29 is 96.4 Å². The van der Waals surface area contributed by atoms with Gasteiger partial charge in [-0.2, -0.15) is 0 Å². The van der Waals surface area contributed by atoms with Gasteiger partial charge in [0, 0.05) is 24.3 Å². The van der Waals surface area contributed by atoms with E-state index in [1.807, 2.05) is 127 Å². The average Bonchev–Trinajstić information content (AvgIpc) is 3.64. The zero-order valence-corrected chi connectivity index (χ0v) is 44.8. The minimum absolute atomic E-state index is 0.00650. The van der Waals surface area contributed by atoms with Crippen LogP contribution in [0.5, 0.6) is 69.0 Å². The maximum absolute atomic E-state index is 12.3. The Morgan fingerprint density at radius 1 is 0.345 bits per heavy atom. The number of esters is 2. The van der Waals surface area contributed by atoms with E-state index in [9.17, 15) is 24.3 Å². The summed E-state index contributed by atoms with van der Waals surface area (Å²) in [4.78, 5) is 45.8. The van der Waals surface area contributed by atoms with E-state index in [2.05, 4.69) is 0 Å². The summed E-state index contributed by atoms with van der Waals surface area (Å²) in [5.74, 6) is 1.74. The van der Waals surface area contributed by atoms with Crippen LogP contribution in [-0.4, -0.2) is 95.1 Å². The van der Waals surface area contributed by atoms with Gasteiger partial charge in [0.1, 0.15) is 75.9 Å². The molecule has 4 atom stereocenters. The van der Waals surface area contributed by atoms with Crippen molar-refractivity contribution in [1.82, 2.24) is 0 Å². The number of phenolic OH excluding ortho intramolecular Hbond substituents is 2. The fourth-order valence-electron chi connectivity index (χ4n) is 8.01. The summed E-state index contributed by atoms with van der Waals surface area (Å²) in [6.45, 7) is 1.46. The van der Waals surface area contributed by atoms with Crippen molar-refractivity contribution >= 4 is 23.9 Å². The number of fused-ring (bicyclic) bond motifs is 4. The molecular weight excluding hydrogens is 1090 g/mol. The molecule has 0 amide bonds. The van der Waals surface area contributed by atoms with E-state index in [1.165, 1.54) is 30.3 Å². The highest BCUT2D eigenvalue weighted by Crippen LogP contribution is 2.38. The van der Waals surface area contributed by atoms with Gasteiger partial charge < -0.3 is 77.3 Å². The van der Waals surface area contributed by atoms with E-state index < -0.39 is 48.3 Å². The van der Waals surface area contributed by atoms with Gasteiger partial charge in [-0.1, -0.05) is 121 Å². The number of aliphatic carboxylic acids is 2. The highest BCUT2D eigenvalue weighted by Gasteiger charge is 2.32. The summed E-state index contributed by atoms with van der Waals surface area (Å²) in [7, 11) is 0. The molecule has 0 radical (unpaired) electrons. The Balaban J connectivity index is 0.000000138. The van der Waals surface area contributed by atoms with Gasteiger partial charge >= 0.3 is 23.9 Å². The molecule has 432 valence electrons. The smallest absolute Gasteiger partial charge is 0.351 e.